The van der Waals surface area contributed by atoms with Gasteiger partial charge in [0.15, 0.2) is 11.5 Å². The van der Waals surface area contributed by atoms with Crippen LogP contribution in [-0.2, 0) is 32.6 Å². The van der Waals surface area contributed by atoms with Crippen molar-refractivity contribution in [1.29, 1.82) is 0 Å². The van der Waals surface area contributed by atoms with Gasteiger partial charge >= 0.3 is 0 Å². The van der Waals surface area contributed by atoms with E-state index < -0.39 is 40.2 Å². The average Bonchev–Trinajstić information content (AvgIpc) is 2.97. The van der Waals surface area contributed by atoms with E-state index in [0.717, 1.165) is 16.1 Å². The largest absolute Gasteiger partial charge is 0.486 e. The van der Waals surface area contributed by atoms with Crippen LogP contribution in [0.4, 0.5) is 10.1 Å². The number of benzene rings is 3. The van der Waals surface area contributed by atoms with Crippen molar-refractivity contribution in [3.63, 3.8) is 0 Å². The number of hydrogen-bond acceptors (Lipinski definition) is 6. The molecule has 0 aromatic heterocycles. The number of carbonyl (C=O) groups is 2. The lowest BCUT2D eigenvalue weighted by Gasteiger charge is -2.33. The smallest absolute Gasteiger partial charge is 0.244 e. The molecule has 0 saturated heterocycles. The van der Waals surface area contributed by atoms with Crippen LogP contribution in [0.5, 0.6) is 11.5 Å². The van der Waals surface area contributed by atoms with Crippen molar-refractivity contribution in [3.05, 3.63) is 89.7 Å². The summed E-state index contributed by atoms with van der Waals surface area (Å²) in [6.45, 7) is 2.12. The molecular formula is C30H34FN3O6S. The highest BCUT2D eigenvalue weighted by molar-refractivity contribution is 7.92. The van der Waals surface area contributed by atoms with Crippen LogP contribution in [0.2, 0.25) is 0 Å². The molecule has 0 spiro atoms. The maximum Gasteiger partial charge on any atom is 0.244 e. The fourth-order valence-corrected chi connectivity index (χ4v) is 5.37. The van der Waals surface area contributed by atoms with Gasteiger partial charge in [-0.25, -0.2) is 12.8 Å². The van der Waals surface area contributed by atoms with Crippen LogP contribution in [0.3, 0.4) is 0 Å². The molecule has 3 aromatic rings. The van der Waals surface area contributed by atoms with Crippen LogP contribution in [-0.4, -0.2) is 63.7 Å². The Bertz CT molecular complexity index is 1470. The second kappa shape index (κ2) is 13.5. The molecule has 218 valence electrons. The Labute approximate surface area is 239 Å². The second-order valence-corrected chi connectivity index (χ2v) is 11.6. The summed E-state index contributed by atoms with van der Waals surface area (Å²) in [7, 11) is -3.96. The molecule has 0 radical (unpaired) electrons. The van der Waals surface area contributed by atoms with E-state index in [2.05, 4.69) is 5.32 Å². The lowest BCUT2D eigenvalue weighted by atomic mass is 10.0. The molecule has 0 bridgehead atoms. The van der Waals surface area contributed by atoms with E-state index in [9.17, 15) is 22.4 Å². The highest BCUT2D eigenvalue weighted by atomic mass is 32.2. The second-order valence-electron chi connectivity index (χ2n) is 9.71. The molecular weight excluding hydrogens is 549 g/mol. The van der Waals surface area contributed by atoms with Gasteiger partial charge in [0.1, 0.15) is 31.6 Å². The van der Waals surface area contributed by atoms with Gasteiger partial charge in [-0.3, -0.25) is 13.9 Å². The Morgan fingerprint density at radius 3 is 2.34 bits per heavy atom. The number of fused-ring (bicyclic) bond motifs is 1. The number of halogens is 1. The topological polar surface area (TPSA) is 105 Å². The first-order chi connectivity index (χ1) is 19.7. The summed E-state index contributed by atoms with van der Waals surface area (Å²) in [6, 6.07) is 18.7. The lowest BCUT2D eigenvalue weighted by Crippen LogP contribution is -2.53. The van der Waals surface area contributed by atoms with Crippen LogP contribution in [0.15, 0.2) is 72.8 Å². The number of ether oxygens (including phenoxy) is 2. The molecule has 9 nitrogen and oxygen atoms in total. The van der Waals surface area contributed by atoms with Crippen molar-refractivity contribution in [2.24, 2.45) is 0 Å². The van der Waals surface area contributed by atoms with E-state index in [1.54, 1.807) is 12.1 Å². The number of carbonyl (C=O) groups excluding carboxylic acids is 2. The molecule has 1 unspecified atom stereocenters. The van der Waals surface area contributed by atoms with E-state index in [1.165, 1.54) is 35.2 Å². The number of sulfonamides is 1. The van der Waals surface area contributed by atoms with Gasteiger partial charge in [0.25, 0.3) is 0 Å². The minimum Gasteiger partial charge on any atom is -0.486 e. The van der Waals surface area contributed by atoms with E-state index >= 15 is 0 Å². The van der Waals surface area contributed by atoms with Crippen LogP contribution < -0.4 is 19.1 Å². The van der Waals surface area contributed by atoms with Gasteiger partial charge in [-0.05, 0) is 30.2 Å². The quantitative estimate of drug-likeness (QED) is 0.350. The van der Waals surface area contributed by atoms with Crippen molar-refractivity contribution in [2.75, 3.05) is 36.9 Å². The van der Waals surface area contributed by atoms with Crippen molar-refractivity contribution >= 4 is 27.5 Å². The van der Waals surface area contributed by atoms with Gasteiger partial charge in [-0.15, -0.1) is 0 Å². The minimum absolute atomic E-state index is 0.152. The Morgan fingerprint density at radius 2 is 1.66 bits per heavy atom. The van der Waals surface area contributed by atoms with Crippen molar-refractivity contribution in [3.8, 4) is 11.5 Å². The average molecular weight is 584 g/mol. The lowest BCUT2D eigenvalue weighted by molar-refractivity contribution is -0.140. The zero-order valence-electron chi connectivity index (χ0n) is 23.1. The standard InChI is InChI=1S/C30H34FN3O6S/c1-3-15-32-30(36)26(18-22-9-5-4-6-10-22)33(20-23-11-7-8-12-25(23)31)29(35)21-34(41(2,37)38)24-13-14-27-28(19-24)40-17-16-39-27/h4-14,19,26H,3,15-18,20-21H2,1-2H3,(H,32,36). The number of amides is 2. The number of hydrogen-bond donors (Lipinski definition) is 1. The van der Waals surface area contributed by atoms with Crippen molar-refractivity contribution in [2.45, 2.75) is 32.4 Å². The summed E-state index contributed by atoms with van der Waals surface area (Å²) in [6.07, 6.45) is 1.82. The Hall–Kier alpha value is -4.12. The fourth-order valence-electron chi connectivity index (χ4n) is 4.53. The van der Waals surface area contributed by atoms with E-state index in [-0.39, 0.29) is 24.2 Å². The molecule has 11 heteroatoms. The maximum absolute atomic E-state index is 14.8. The predicted molar refractivity (Wildman–Crippen MR) is 154 cm³/mol. The molecule has 1 N–H and O–H groups in total. The highest BCUT2D eigenvalue weighted by Gasteiger charge is 2.33. The SMILES string of the molecule is CCCNC(=O)C(Cc1ccccc1)N(Cc1ccccc1F)C(=O)CN(c1ccc2c(c1)OCCO2)S(C)(=O)=O. The first kappa shape index (κ1) is 29.9. The summed E-state index contributed by atoms with van der Waals surface area (Å²) in [5.74, 6) is -0.785. The van der Waals surface area contributed by atoms with Crippen molar-refractivity contribution < 1.29 is 31.9 Å². The normalized spacial score (nSPS) is 13.2. The Morgan fingerprint density at radius 1 is 0.976 bits per heavy atom. The van der Waals surface area contributed by atoms with Gasteiger partial charge in [-0.1, -0.05) is 55.5 Å². The third-order valence-corrected chi connectivity index (χ3v) is 7.75. The first-order valence-electron chi connectivity index (χ1n) is 13.4. The summed E-state index contributed by atoms with van der Waals surface area (Å²) < 4.78 is 52.8. The summed E-state index contributed by atoms with van der Waals surface area (Å²) in [4.78, 5) is 28.8. The Kier molecular flexibility index (Phi) is 9.82. The summed E-state index contributed by atoms with van der Waals surface area (Å²) in [5, 5.41) is 2.85. The third-order valence-electron chi connectivity index (χ3n) is 6.61. The minimum atomic E-state index is -3.96. The first-order valence-corrected chi connectivity index (χ1v) is 15.2. The summed E-state index contributed by atoms with van der Waals surface area (Å²) in [5.41, 5.74) is 1.20. The van der Waals surface area contributed by atoms with Crippen LogP contribution in [0.1, 0.15) is 24.5 Å². The van der Waals surface area contributed by atoms with E-state index in [0.29, 0.717) is 37.7 Å². The molecule has 4 rings (SSSR count). The van der Waals surface area contributed by atoms with Crippen molar-refractivity contribution in [1.82, 2.24) is 10.2 Å². The molecule has 1 atom stereocenters. The molecule has 41 heavy (non-hydrogen) atoms. The number of rotatable bonds is 12. The van der Waals surface area contributed by atoms with Crippen LogP contribution >= 0.6 is 0 Å². The fraction of sp³-hybridized carbons (Fsp3) is 0.333. The van der Waals surface area contributed by atoms with Crippen LogP contribution in [0.25, 0.3) is 0 Å². The van der Waals surface area contributed by atoms with Gasteiger partial charge in [0.2, 0.25) is 21.8 Å². The molecule has 1 aliphatic rings. The zero-order valence-corrected chi connectivity index (χ0v) is 23.9. The maximum atomic E-state index is 14.8. The Balaban J connectivity index is 1.73. The molecule has 1 aliphatic heterocycles. The van der Waals surface area contributed by atoms with Crippen LogP contribution in [0, 0.1) is 5.82 Å². The molecule has 3 aromatic carbocycles. The number of nitrogens with one attached hydrogen (secondary N) is 1. The van der Waals surface area contributed by atoms with Gasteiger partial charge in [-0.2, -0.15) is 0 Å². The monoisotopic (exact) mass is 583 g/mol. The van der Waals surface area contributed by atoms with E-state index in [1.807, 2.05) is 37.3 Å². The molecule has 0 fully saturated rings. The number of anilines is 1. The molecule has 1 heterocycles. The third kappa shape index (κ3) is 7.75. The molecule has 0 aliphatic carbocycles. The van der Waals surface area contributed by atoms with E-state index in [4.69, 9.17) is 9.47 Å². The van der Waals surface area contributed by atoms with Gasteiger partial charge in [0, 0.05) is 31.1 Å². The highest BCUT2D eigenvalue weighted by Crippen LogP contribution is 2.34. The zero-order chi connectivity index (χ0) is 29.4. The molecule has 2 amide bonds. The van der Waals surface area contributed by atoms with Gasteiger partial charge in [0.05, 0.1) is 11.9 Å². The van der Waals surface area contributed by atoms with Gasteiger partial charge < -0.3 is 19.7 Å². The summed E-state index contributed by atoms with van der Waals surface area (Å²) >= 11 is 0. The number of nitrogens with zero attached hydrogens (tertiary/aromatic N) is 2. The molecule has 0 saturated carbocycles. The predicted octanol–water partition coefficient (Wildman–Crippen LogP) is 3.53.